The molecule has 2 atom stereocenters. The highest BCUT2D eigenvalue weighted by molar-refractivity contribution is 6.00. The average molecular weight is 370 g/mol. The van der Waals surface area contributed by atoms with Crippen LogP contribution in [-0.4, -0.2) is 44.3 Å². The van der Waals surface area contributed by atoms with E-state index in [1.165, 1.54) is 39.8 Å². The number of allylic oxidation sites excluding steroid dienone is 2. The summed E-state index contributed by atoms with van der Waals surface area (Å²) in [5.74, 6) is -9.53. The summed E-state index contributed by atoms with van der Waals surface area (Å²) < 4.78 is 0. The molecule has 0 radical (unpaired) electrons. The lowest BCUT2D eigenvalue weighted by Gasteiger charge is -2.43. The highest BCUT2D eigenvalue weighted by Crippen LogP contribution is 2.50. The predicted molar refractivity (Wildman–Crippen MR) is 90.4 cm³/mol. The molecule has 0 bridgehead atoms. The maximum absolute atomic E-state index is 11.9. The summed E-state index contributed by atoms with van der Waals surface area (Å²) in [5, 5.41) is 38.8. The van der Waals surface area contributed by atoms with Gasteiger partial charge < -0.3 is 20.4 Å². The molecule has 146 valence electrons. The summed E-state index contributed by atoms with van der Waals surface area (Å²) in [6.07, 6.45) is 2.95. The van der Waals surface area contributed by atoms with Crippen molar-refractivity contribution >= 4 is 23.9 Å². The van der Waals surface area contributed by atoms with Gasteiger partial charge in [-0.25, -0.2) is 0 Å². The fourth-order valence-electron chi connectivity index (χ4n) is 4.33. The zero-order chi connectivity index (χ0) is 20.4. The molecule has 0 fully saturated rings. The lowest BCUT2D eigenvalue weighted by atomic mass is 9.57. The molecule has 0 amide bonds. The largest absolute Gasteiger partial charge is 0.480 e. The summed E-state index contributed by atoms with van der Waals surface area (Å²) >= 11 is 0. The highest BCUT2D eigenvalue weighted by atomic mass is 16.4. The van der Waals surface area contributed by atoms with Gasteiger partial charge in [0.2, 0.25) is 0 Å². The van der Waals surface area contributed by atoms with Crippen LogP contribution >= 0.6 is 0 Å². The van der Waals surface area contributed by atoms with Crippen LogP contribution in [0.1, 0.15) is 40.5 Å². The molecule has 0 saturated carbocycles. The smallest absolute Gasteiger partial charge is 0.321 e. The third-order valence-electron chi connectivity index (χ3n) is 5.79. The van der Waals surface area contributed by atoms with E-state index in [2.05, 4.69) is 0 Å². The monoisotopic (exact) mass is 370 g/mol. The van der Waals surface area contributed by atoms with E-state index in [1.807, 2.05) is 0 Å². The number of carboxylic acid groups (broad SMARTS) is 4. The standard InChI is InChI=1S/C18H26O8/c1-9(2)17(13(19)20,14(21)22)11-6-5-7-12(8-11)18(10(3)4,15(23)24)16(25)26/h5-6,9-12H,7-8H2,1-4H3,(H,19,20)(H,21,22)(H,23,24)(H,25,26). The molecular formula is C18H26O8. The van der Waals surface area contributed by atoms with Crippen LogP contribution in [0.15, 0.2) is 12.2 Å². The minimum atomic E-state index is -2.16. The van der Waals surface area contributed by atoms with E-state index in [-0.39, 0.29) is 12.8 Å². The van der Waals surface area contributed by atoms with Gasteiger partial charge in [0.05, 0.1) is 0 Å². The van der Waals surface area contributed by atoms with E-state index in [1.54, 1.807) is 0 Å². The Morgan fingerprint density at radius 1 is 0.808 bits per heavy atom. The van der Waals surface area contributed by atoms with Crippen LogP contribution in [0.25, 0.3) is 0 Å². The molecule has 2 unspecified atom stereocenters. The van der Waals surface area contributed by atoms with Gasteiger partial charge in [-0.05, 0) is 30.6 Å². The number of hydrogen-bond donors (Lipinski definition) is 4. The Bertz CT molecular complexity index is 603. The lowest BCUT2D eigenvalue weighted by Crippen LogP contribution is -2.54. The molecule has 8 nitrogen and oxygen atoms in total. The van der Waals surface area contributed by atoms with Crippen LogP contribution in [0.4, 0.5) is 0 Å². The maximum Gasteiger partial charge on any atom is 0.321 e. The Morgan fingerprint density at radius 2 is 1.19 bits per heavy atom. The van der Waals surface area contributed by atoms with Gasteiger partial charge in [-0.2, -0.15) is 0 Å². The van der Waals surface area contributed by atoms with Gasteiger partial charge in [0.1, 0.15) is 0 Å². The van der Waals surface area contributed by atoms with Crippen LogP contribution in [-0.2, 0) is 19.2 Å². The Labute approximate surface area is 151 Å². The van der Waals surface area contributed by atoms with E-state index in [4.69, 9.17) is 0 Å². The quantitative estimate of drug-likeness (QED) is 0.375. The first kappa shape index (κ1) is 21.7. The molecule has 8 heteroatoms. The van der Waals surface area contributed by atoms with Crippen LogP contribution in [0, 0.1) is 34.5 Å². The topological polar surface area (TPSA) is 149 Å². The van der Waals surface area contributed by atoms with Crippen molar-refractivity contribution in [1.29, 1.82) is 0 Å². The van der Waals surface area contributed by atoms with Crippen molar-refractivity contribution in [3.63, 3.8) is 0 Å². The van der Waals surface area contributed by atoms with Gasteiger partial charge in [0, 0.05) is 5.92 Å². The number of aliphatic carboxylic acids is 4. The second kappa shape index (κ2) is 7.47. The average Bonchev–Trinajstić information content (AvgIpc) is 2.46. The molecule has 0 saturated heterocycles. The Hall–Kier alpha value is -2.38. The first-order valence-electron chi connectivity index (χ1n) is 8.47. The molecule has 0 aliphatic heterocycles. The summed E-state index contributed by atoms with van der Waals surface area (Å²) in [4.78, 5) is 47.7. The third-order valence-corrected chi connectivity index (χ3v) is 5.79. The molecule has 0 heterocycles. The van der Waals surface area contributed by atoms with Gasteiger partial charge in [-0.3, -0.25) is 19.2 Å². The summed E-state index contributed by atoms with van der Waals surface area (Å²) in [6, 6.07) is 0. The van der Waals surface area contributed by atoms with Gasteiger partial charge in [0.25, 0.3) is 0 Å². The fourth-order valence-corrected chi connectivity index (χ4v) is 4.33. The fraction of sp³-hybridized carbons (Fsp3) is 0.667. The Kier molecular flexibility index (Phi) is 6.22. The molecular weight excluding hydrogens is 344 g/mol. The molecule has 0 aromatic carbocycles. The molecule has 1 rings (SSSR count). The number of rotatable bonds is 8. The van der Waals surface area contributed by atoms with E-state index in [0.717, 1.165) is 0 Å². The molecule has 0 aromatic heterocycles. The zero-order valence-corrected chi connectivity index (χ0v) is 15.3. The van der Waals surface area contributed by atoms with Gasteiger partial charge in [0.15, 0.2) is 10.8 Å². The van der Waals surface area contributed by atoms with Gasteiger partial charge in [-0.15, -0.1) is 0 Å². The molecule has 1 aliphatic rings. The van der Waals surface area contributed by atoms with Crippen molar-refractivity contribution < 1.29 is 39.6 Å². The van der Waals surface area contributed by atoms with Crippen molar-refractivity contribution in [3.8, 4) is 0 Å². The molecule has 1 aliphatic carbocycles. The summed E-state index contributed by atoms with van der Waals surface area (Å²) in [7, 11) is 0. The maximum atomic E-state index is 11.9. The van der Waals surface area contributed by atoms with Crippen LogP contribution in [0.5, 0.6) is 0 Å². The van der Waals surface area contributed by atoms with Gasteiger partial charge >= 0.3 is 23.9 Å². The lowest BCUT2D eigenvalue weighted by molar-refractivity contribution is -0.177. The van der Waals surface area contributed by atoms with Crippen molar-refractivity contribution in [2.75, 3.05) is 0 Å². The number of carbonyl (C=O) groups is 4. The van der Waals surface area contributed by atoms with E-state index < -0.39 is 58.4 Å². The second-order valence-electron chi connectivity index (χ2n) is 7.47. The van der Waals surface area contributed by atoms with E-state index in [9.17, 15) is 39.6 Å². The van der Waals surface area contributed by atoms with Crippen LogP contribution in [0.3, 0.4) is 0 Å². The Morgan fingerprint density at radius 3 is 1.50 bits per heavy atom. The normalized spacial score (nSPS) is 21.0. The zero-order valence-electron chi connectivity index (χ0n) is 15.3. The van der Waals surface area contributed by atoms with E-state index in [0.29, 0.717) is 0 Å². The summed E-state index contributed by atoms with van der Waals surface area (Å²) in [6.45, 7) is 5.92. The van der Waals surface area contributed by atoms with Crippen molar-refractivity contribution in [2.45, 2.75) is 40.5 Å². The minimum absolute atomic E-state index is 0.126. The van der Waals surface area contributed by atoms with Crippen LogP contribution < -0.4 is 0 Å². The third kappa shape index (κ3) is 2.97. The van der Waals surface area contributed by atoms with Crippen molar-refractivity contribution in [2.24, 2.45) is 34.5 Å². The highest BCUT2D eigenvalue weighted by Gasteiger charge is 2.60. The summed E-state index contributed by atoms with van der Waals surface area (Å²) in [5.41, 5.74) is -4.28. The minimum Gasteiger partial charge on any atom is -0.480 e. The molecule has 26 heavy (non-hydrogen) atoms. The molecule has 0 spiro atoms. The molecule has 4 N–H and O–H groups in total. The predicted octanol–water partition coefficient (Wildman–Crippen LogP) is 2.19. The molecule has 0 aromatic rings. The SMILES string of the molecule is CC(C)C(C(=O)O)(C(=O)O)C1C=CCC(C(C(=O)O)(C(=O)O)C(C)C)C1. The van der Waals surface area contributed by atoms with Crippen molar-refractivity contribution in [3.05, 3.63) is 12.2 Å². The first-order valence-corrected chi connectivity index (χ1v) is 8.47. The number of carboxylic acids is 4. The Balaban J connectivity index is 3.52. The van der Waals surface area contributed by atoms with E-state index >= 15 is 0 Å². The van der Waals surface area contributed by atoms with Crippen molar-refractivity contribution in [1.82, 2.24) is 0 Å². The first-order chi connectivity index (χ1) is 11.9. The number of hydrogen-bond acceptors (Lipinski definition) is 4. The van der Waals surface area contributed by atoms with Gasteiger partial charge in [-0.1, -0.05) is 39.8 Å². The van der Waals surface area contributed by atoms with Crippen LogP contribution in [0.2, 0.25) is 0 Å². The second-order valence-corrected chi connectivity index (χ2v) is 7.47.